The van der Waals surface area contributed by atoms with Crippen molar-refractivity contribution in [1.82, 2.24) is 25.5 Å². The molecule has 6 aromatic rings. The number of hydrogen-bond acceptors (Lipinski definition) is 12. The Morgan fingerprint density at radius 1 is 0.934 bits per heavy atom. The molecule has 1 unspecified atom stereocenters. The molecule has 2 aliphatic rings. The van der Waals surface area contributed by atoms with Crippen molar-refractivity contribution >= 4 is 69.4 Å². The number of thiocarbonyl (C=S) groups is 1. The van der Waals surface area contributed by atoms with E-state index in [1.807, 2.05) is 52.0 Å². The quantitative estimate of drug-likeness (QED) is 0.0515. The fourth-order valence-electron chi connectivity index (χ4n) is 9.33. The Labute approximate surface area is 445 Å². The number of thiazole rings is 1. The third-order valence-corrected chi connectivity index (χ3v) is 14.7. The summed E-state index contributed by atoms with van der Waals surface area (Å²) in [5.41, 5.74) is 1.84. The van der Waals surface area contributed by atoms with Crippen LogP contribution in [0.4, 0.5) is 34.6 Å². The third kappa shape index (κ3) is 11.4. The summed E-state index contributed by atoms with van der Waals surface area (Å²) in [5.74, 6) is -3.77. The molecule has 5 N–H and O–H groups in total. The lowest BCUT2D eigenvalue weighted by Crippen LogP contribution is -2.60. The fourth-order valence-corrected chi connectivity index (χ4v) is 10.7. The monoisotopic (exact) mass is 1080 g/mol. The predicted octanol–water partition coefficient (Wildman–Crippen LogP) is 8.52. The van der Waals surface area contributed by atoms with E-state index in [0.717, 1.165) is 33.8 Å². The van der Waals surface area contributed by atoms with E-state index in [1.165, 1.54) is 35.9 Å². The number of anilines is 3. The number of pyridine rings is 1. The van der Waals surface area contributed by atoms with Gasteiger partial charge in [-0.25, -0.2) is 9.37 Å². The number of aromatic nitrogens is 2. The molecule has 4 amide bonds. The molecule has 8 rings (SSSR count). The van der Waals surface area contributed by atoms with E-state index in [0.29, 0.717) is 38.7 Å². The van der Waals surface area contributed by atoms with Crippen molar-refractivity contribution in [1.29, 1.82) is 5.26 Å². The number of β-amino-alcohol motifs (C(OH)–C–C–N with tert-alkyl or cyclic N) is 1. The van der Waals surface area contributed by atoms with E-state index in [1.54, 1.807) is 77.5 Å². The second-order valence-corrected chi connectivity index (χ2v) is 21.4. The number of aliphatic hydroxyl groups excluding tert-OH is 2. The van der Waals surface area contributed by atoms with Crippen molar-refractivity contribution in [2.75, 3.05) is 21.7 Å². The zero-order valence-corrected chi connectivity index (χ0v) is 43.7. The van der Waals surface area contributed by atoms with Crippen LogP contribution in [-0.4, -0.2) is 90.3 Å². The third-order valence-electron chi connectivity index (χ3n) is 13.4. The van der Waals surface area contributed by atoms with Gasteiger partial charge in [0, 0.05) is 29.9 Å². The van der Waals surface area contributed by atoms with E-state index in [-0.39, 0.29) is 37.0 Å². The molecule has 2 fully saturated rings. The maximum atomic E-state index is 15.5. The normalized spacial score (nSPS) is 17.6. The first kappa shape index (κ1) is 54.8. The summed E-state index contributed by atoms with van der Waals surface area (Å²) in [4.78, 5) is 67.5. The Hall–Kier alpha value is -7.48. The molecule has 15 nitrogen and oxygen atoms in total. The van der Waals surface area contributed by atoms with Crippen molar-refractivity contribution in [2.24, 2.45) is 5.41 Å². The van der Waals surface area contributed by atoms with Gasteiger partial charge in [0.25, 0.3) is 11.8 Å². The van der Waals surface area contributed by atoms with Crippen LogP contribution in [0.15, 0.2) is 109 Å². The van der Waals surface area contributed by atoms with Gasteiger partial charge in [0.15, 0.2) is 10.9 Å². The van der Waals surface area contributed by atoms with Crippen LogP contribution in [0.3, 0.4) is 0 Å². The molecule has 0 spiro atoms. The first-order chi connectivity index (χ1) is 35.9. The zero-order chi connectivity index (χ0) is 55.0. The van der Waals surface area contributed by atoms with Crippen LogP contribution in [0.1, 0.15) is 79.3 Å². The molecule has 2 aliphatic heterocycles. The molecule has 0 saturated carbocycles. The molecule has 0 radical (unpaired) electrons. The summed E-state index contributed by atoms with van der Waals surface area (Å²) in [7, 11) is 0. The molecule has 0 aliphatic carbocycles. The minimum Gasteiger partial charge on any atom is -0.392 e. The number of aliphatic hydroxyl groups is 2. The number of carbonyl (C=O) groups excluding carboxylic acids is 4. The van der Waals surface area contributed by atoms with Gasteiger partial charge in [-0.2, -0.15) is 18.4 Å². The standard InChI is InChI=1S/C55H53F4N9O6S2/c1-30-46(76-29-63-30)34-11-9-32(10-12-34)26-62-49(72)42-24-39(69)28-66(42)50(73)47(53(2,3)4)65-43(70)23-31-7-13-35(14-8-31)48(71)64-37-18-15-33(16-19-37)40-21-20-38(27-61-40)68-52(75)67(51(74)54(68,5)6)41-22-17-36(25-60)44(45(41)56)55(57,58)59/h7-22,27,29,39,42,47,50,69,73H,23-24,26,28H2,1-6H3,(H,62,72)(H,64,71)(H,65,70)/t39-,42+,47-,50?/m1/s1. The van der Waals surface area contributed by atoms with Crippen molar-refractivity contribution in [3.8, 4) is 27.8 Å². The lowest BCUT2D eigenvalue weighted by molar-refractivity contribution is -0.140. The number of aryl methyl sites for hydroxylation is 1. The number of rotatable bonds is 14. The Balaban J connectivity index is 0.852. The van der Waals surface area contributed by atoms with Gasteiger partial charge in [-0.1, -0.05) is 69.3 Å². The first-order valence-electron chi connectivity index (χ1n) is 24.0. The molecule has 2 saturated heterocycles. The minimum absolute atomic E-state index is 0.0299. The highest BCUT2D eigenvalue weighted by Gasteiger charge is 2.52. The summed E-state index contributed by atoms with van der Waals surface area (Å²) in [6.45, 7) is 10.8. The summed E-state index contributed by atoms with van der Waals surface area (Å²) >= 11 is 7.10. The highest BCUT2D eigenvalue weighted by molar-refractivity contribution is 7.81. The average molecular weight is 1080 g/mol. The maximum absolute atomic E-state index is 15.5. The Morgan fingerprint density at radius 2 is 1.59 bits per heavy atom. The van der Waals surface area contributed by atoms with Crippen LogP contribution in [0.2, 0.25) is 0 Å². The van der Waals surface area contributed by atoms with Crippen molar-refractivity contribution in [3.63, 3.8) is 0 Å². The van der Waals surface area contributed by atoms with Crippen LogP contribution in [-0.2, 0) is 33.5 Å². The Kier molecular flexibility index (Phi) is 15.6. The van der Waals surface area contributed by atoms with Gasteiger partial charge in [-0.3, -0.25) is 34.0 Å². The zero-order valence-electron chi connectivity index (χ0n) is 42.1. The molecule has 4 aromatic carbocycles. The lowest BCUT2D eigenvalue weighted by Gasteiger charge is -2.40. The first-order valence-corrected chi connectivity index (χ1v) is 25.3. The number of likely N-dealkylation sites (tertiary alicyclic amines) is 1. The van der Waals surface area contributed by atoms with Crippen LogP contribution in [0.5, 0.6) is 0 Å². The largest absolute Gasteiger partial charge is 0.420 e. The smallest absolute Gasteiger partial charge is 0.392 e. The molecule has 394 valence electrons. The molecular formula is C55H53F4N9O6S2. The lowest BCUT2D eigenvalue weighted by atomic mass is 9.84. The van der Waals surface area contributed by atoms with E-state index < -0.39 is 81.9 Å². The summed E-state index contributed by atoms with van der Waals surface area (Å²) in [6, 6.07) is 25.7. The second-order valence-electron chi connectivity index (χ2n) is 20.2. The summed E-state index contributed by atoms with van der Waals surface area (Å²) < 4.78 is 56.9. The van der Waals surface area contributed by atoms with Gasteiger partial charge < -0.3 is 31.1 Å². The molecular weight excluding hydrogens is 1020 g/mol. The fraction of sp³-hybridized carbons (Fsp3) is 0.309. The molecule has 4 heterocycles. The van der Waals surface area contributed by atoms with Gasteiger partial charge >= 0.3 is 6.18 Å². The number of hydrogen-bond donors (Lipinski definition) is 5. The Morgan fingerprint density at radius 3 is 2.18 bits per heavy atom. The van der Waals surface area contributed by atoms with Crippen molar-refractivity contribution < 1.29 is 47.0 Å². The van der Waals surface area contributed by atoms with E-state index in [4.69, 9.17) is 12.2 Å². The maximum Gasteiger partial charge on any atom is 0.420 e. The number of nitriles is 1. The van der Waals surface area contributed by atoms with Gasteiger partial charge in [0.1, 0.15) is 17.3 Å². The Bertz CT molecular complexity index is 3230. The average Bonchev–Trinajstić information content (AvgIpc) is 4.07. The predicted molar refractivity (Wildman–Crippen MR) is 283 cm³/mol. The van der Waals surface area contributed by atoms with Crippen molar-refractivity contribution in [3.05, 3.63) is 148 Å². The number of alkyl halides is 3. The van der Waals surface area contributed by atoms with Gasteiger partial charge in [-0.15, -0.1) is 11.3 Å². The van der Waals surface area contributed by atoms with E-state index in [2.05, 4.69) is 25.9 Å². The van der Waals surface area contributed by atoms with Gasteiger partial charge in [0.05, 0.1) is 75.6 Å². The highest BCUT2D eigenvalue weighted by atomic mass is 32.1. The molecule has 76 heavy (non-hydrogen) atoms. The number of benzene rings is 4. The topological polar surface area (TPSA) is 204 Å². The molecule has 0 bridgehead atoms. The van der Waals surface area contributed by atoms with Crippen molar-refractivity contribution in [2.45, 2.75) is 97.1 Å². The van der Waals surface area contributed by atoms with E-state index in [9.17, 15) is 47.8 Å². The molecule has 4 atom stereocenters. The molecule has 2 aromatic heterocycles. The molecule has 21 heteroatoms. The van der Waals surface area contributed by atoms with Crippen LogP contribution in [0.25, 0.3) is 21.7 Å². The van der Waals surface area contributed by atoms with E-state index >= 15 is 4.39 Å². The second kappa shape index (κ2) is 21.6. The van der Waals surface area contributed by atoms with Gasteiger partial charge in [-0.05, 0) is 110 Å². The summed E-state index contributed by atoms with van der Waals surface area (Å²) in [6.07, 6.45) is -5.95. The highest BCUT2D eigenvalue weighted by Crippen LogP contribution is 2.42. The van der Waals surface area contributed by atoms with Crippen LogP contribution >= 0.6 is 23.6 Å². The minimum atomic E-state index is -5.22. The summed E-state index contributed by atoms with van der Waals surface area (Å²) in [5, 5.41) is 40.1. The number of halogens is 4. The van der Waals surface area contributed by atoms with Gasteiger partial charge in [0.2, 0.25) is 11.8 Å². The van der Waals surface area contributed by atoms with Crippen LogP contribution < -0.4 is 25.8 Å². The SMILES string of the molecule is Cc1ncsc1-c1ccc(CNC(=O)[C@@H]2C[C@@H](O)CN2C(O)[C@@H](NC(=O)Cc2ccc(C(=O)Nc3ccc(-c4ccc(N5C(=S)N(c6ccc(C#N)c(C(F)(F)F)c6F)C(=O)C5(C)C)cn4)cc3)cc2)C(C)(C)C)cc1. The number of amides is 4. The number of nitrogens with one attached hydrogen (secondary N) is 3. The number of nitrogens with zero attached hydrogens (tertiary/aromatic N) is 6. The number of carbonyl (C=O) groups is 4. The van der Waals surface area contributed by atoms with Crippen LogP contribution in [0, 0.1) is 29.5 Å².